The molecule has 0 unspecified atom stereocenters. The van der Waals surface area contributed by atoms with Gasteiger partial charge in [-0.1, -0.05) is 46.9 Å². The van der Waals surface area contributed by atoms with Crippen molar-refractivity contribution in [1.29, 1.82) is 0 Å². The molecule has 5 aromatic rings. The second kappa shape index (κ2) is 25.5. The van der Waals surface area contributed by atoms with E-state index in [1.165, 1.54) is 7.11 Å². The summed E-state index contributed by atoms with van der Waals surface area (Å²) in [6, 6.07) is 15.0. The lowest BCUT2D eigenvalue weighted by atomic mass is 10.1. The zero-order valence-electron chi connectivity index (χ0n) is 38.9. The van der Waals surface area contributed by atoms with Gasteiger partial charge in [0, 0.05) is 31.3 Å². The van der Waals surface area contributed by atoms with Crippen LogP contribution < -0.4 is 31.9 Å². The normalized spacial score (nSPS) is 11.6. The summed E-state index contributed by atoms with van der Waals surface area (Å²) in [5.74, 6) is -3.42. The standard InChI is InChI=1S/C24H26N4O7S.C22H30N4O6S/c1-13-20(36-24(27-13)25-7-6-14-4-3-5-16(29)8-14)22(33)28-19(23(34)35-2)12-26-21(32)15-9-17(30)11-18(31)10-15;1-13-17(33-20(25-13)23-10-9-14-7-6-8-15(27)11-14)18(28)26-16(19(29)31-5)12-24-21(30)32-22(2,3)4/h3-5,8-11,19,29-31H,6-7,12H2,1-2H3,(H,25,27)(H,26,32)(H,28,33);6-8,11,16,27H,9-10,12H2,1-5H3,(H,23,25)(H,24,30)(H,26,28)/t19-;16-/m00/s1. The fourth-order valence-electron chi connectivity index (χ4n) is 6.06. The Balaban J connectivity index is 0.000000302. The third-order valence-corrected chi connectivity index (χ3v) is 11.5. The minimum atomic E-state index is -1.19. The van der Waals surface area contributed by atoms with Gasteiger partial charge in [-0.25, -0.2) is 24.4 Å². The van der Waals surface area contributed by atoms with Gasteiger partial charge in [0.25, 0.3) is 17.7 Å². The number of hydrogen-bond donors (Lipinski definition) is 10. The summed E-state index contributed by atoms with van der Waals surface area (Å²) in [4.78, 5) is 83.5. The number of esters is 2. The molecule has 0 radical (unpaired) electrons. The molecule has 2 aromatic heterocycles. The lowest BCUT2D eigenvalue weighted by Crippen LogP contribution is -2.49. The van der Waals surface area contributed by atoms with Crippen LogP contribution in [-0.2, 0) is 36.6 Å². The highest BCUT2D eigenvalue weighted by Gasteiger charge is 2.28. The molecule has 4 amide bonds. The molecule has 0 saturated heterocycles. The number of thiazole rings is 2. The summed E-state index contributed by atoms with van der Waals surface area (Å²) in [6.07, 6.45) is 0.586. The molecule has 0 saturated carbocycles. The maximum Gasteiger partial charge on any atom is 0.407 e. The largest absolute Gasteiger partial charge is 0.508 e. The average Bonchev–Trinajstić information content (AvgIpc) is 3.85. The number of methoxy groups -OCH3 is 2. The quantitative estimate of drug-likeness (QED) is 0.0401. The number of ether oxygens (including phenoxy) is 3. The molecular formula is C46H56N8O13S2. The van der Waals surface area contributed by atoms with Gasteiger partial charge in [0.05, 0.1) is 32.2 Å². The highest BCUT2D eigenvalue weighted by molar-refractivity contribution is 7.18. The lowest BCUT2D eigenvalue weighted by Gasteiger charge is -2.21. The SMILES string of the molecule is COC(=O)[C@H](CNC(=O)OC(C)(C)C)NC(=O)c1sc(NCCc2cccc(O)c2)nc1C.COC(=O)[C@H](CNC(=O)c1cc(O)cc(O)c1)NC(=O)c1sc(NCCc2cccc(O)c2)nc1C. The van der Waals surface area contributed by atoms with Crippen LogP contribution in [0.2, 0.25) is 0 Å². The van der Waals surface area contributed by atoms with Gasteiger partial charge in [-0.3, -0.25) is 14.4 Å². The Labute approximate surface area is 405 Å². The molecule has 0 fully saturated rings. The van der Waals surface area contributed by atoms with E-state index in [-0.39, 0.29) is 46.5 Å². The Morgan fingerprint density at radius 2 is 1.04 bits per heavy atom. The second-order valence-corrected chi connectivity index (χ2v) is 18.0. The molecule has 69 heavy (non-hydrogen) atoms. The van der Waals surface area contributed by atoms with Crippen LogP contribution in [0.4, 0.5) is 15.1 Å². The third-order valence-electron chi connectivity index (χ3n) is 9.27. The summed E-state index contributed by atoms with van der Waals surface area (Å²) in [5.41, 5.74) is 2.14. The van der Waals surface area contributed by atoms with Crippen molar-refractivity contribution in [2.45, 2.75) is 65.1 Å². The van der Waals surface area contributed by atoms with Crippen molar-refractivity contribution in [2.24, 2.45) is 0 Å². The number of anilines is 2. The fourth-order valence-corrected chi connectivity index (χ4v) is 7.85. The van der Waals surface area contributed by atoms with Crippen LogP contribution in [0.1, 0.15) is 73.0 Å². The van der Waals surface area contributed by atoms with Gasteiger partial charge in [-0.2, -0.15) is 0 Å². The van der Waals surface area contributed by atoms with Gasteiger partial charge < -0.3 is 66.5 Å². The van der Waals surface area contributed by atoms with Gasteiger partial charge in [0.15, 0.2) is 10.3 Å². The molecule has 21 nitrogen and oxygen atoms in total. The van der Waals surface area contributed by atoms with Crippen molar-refractivity contribution in [3.8, 4) is 23.0 Å². The predicted octanol–water partition coefficient (Wildman–Crippen LogP) is 4.53. The van der Waals surface area contributed by atoms with Crippen LogP contribution in [0.3, 0.4) is 0 Å². The molecule has 0 aliphatic heterocycles. The van der Waals surface area contributed by atoms with Crippen molar-refractivity contribution in [3.05, 3.63) is 105 Å². The third kappa shape index (κ3) is 17.8. The first-order chi connectivity index (χ1) is 32.6. The van der Waals surface area contributed by atoms with E-state index in [1.807, 2.05) is 12.1 Å². The van der Waals surface area contributed by atoms with Gasteiger partial charge in [0.2, 0.25) is 0 Å². The van der Waals surface area contributed by atoms with Crippen molar-refractivity contribution in [1.82, 2.24) is 31.2 Å². The summed E-state index contributed by atoms with van der Waals surface area (Å²) >= 11 is 2.26. The van der Waals surface area contributed by atoms with Gasteiger partial charge in [0.1, 0.15) is 50.4 Å². The number of phenols is 4. The van der Waals surface area contributed by atoms with Crippen molar-refractivity contribution in [2.75, 3.05) is 51.0 Å². The van der Waals surface area contributed by atoms with E-state index in [9.17, 15) is 49.2 Å². The number of aromatic hydroxyl groups is 4. The molecule has 3 aromatic carbocycles. The molecule has 0 aliphatic carbocycles. The summed E-state index contributed by atoms with van der Waals surface area (Å²) in [6.45, 7) is 9.10. The zero-order valence-corrected chi connectivity index (χ0v) is 40.6. The molecule has 23 heteroatoms. The molecular weight excluding hydrogens is 937 g/mol. The molecule has 2 heterocycles. The number of amides is 4. The Morgan fingerprint density at radius 1 is 0.609 bits per heavy atom. The van der Waals surface area contributed by atoms with Crippen LogP contribution in [0.5, 0.6) is 23.0 Å². The van der Waals surface area contributed by atoms with Crippen molar-refractivity contribution >= 4 is 68.7 Å². The number of alkyl carbamates (subject to hydrolysis) is 1. The molecule has 0 spiro atoms. The van der Waals surface area contributed by atoms with E-state index < -0.39 is 53.4 Å². The summed E-state index contributed by atoms with van der Waals surface area (Å²) in [7, 11) is 2.35. The first kappa shape index (κ1) is 54.0. The maximum absolute atomic E-state index is 12.9. The summed E-state index contributed by atoms with van der Waals surface area (Å²) < 4.78 is 14.6. The first-order valence-corrected chi connectivity index (χ1v) is 22.8. The molecule has 370 valence electrons. The lowest BCUT2D eigenvalue weighted by molar-refractivity contribution is -0.143. The monoisotopic (exact) mass is 992 g/mol. The minimum absolute atomic E-state index is 0.0258. The predicted molar refractivity (Wildman–Crippen MR) is 257 cm³/mol. The van der Waals surface area contributed by atoms with Crippen LogP contribution in [0, 0.1) is 13.8 Å². The highest BCUT2D eigenvalue weighted by atomic mass is 32.1. The van der Waals surface area contributed by atoms with Crippen molar-refractivity contribution < 1.29 is 63.4 Å². The number of carbonyl (C=O) groups excluding carboxylic acids is 6. The van der Waals surface area contributed by atoms with E-state index in [0.29, 0.717) is 52.5 Å². The molecule has 0 bridgehead atoms. The highest BCUT2D eigenvalue weighted by Crippen LogP contribution is 2.25. The Kier molecular flexibility index (Phi) is 19.9. The Morgan fingerprint density at radius 3 is 1.45 bits per heavy atom. The van der Waals surface area contributed by atoms with Gasteiger partial charge >= 0.3 is 18.0 Å². The number of benzene rings is 3. The van der Waals surface area contributed by atoms with E-state index in [4.69, 9.17) is 14.2 Å². The number of aromatic nitrogens is 2. The molecule has 0 aliphatic rings. The Hall–Kier alpha value is -7.66. The van der Waals surface area contributed by atoms with Crippen LogP contribution >= 0.6 is 22.7 Å². The van der Waals surface area contributed by atoms with E-state index in [2.05, 4.69) is 41.9 Å². The van der Waals surface area contributed by atoms with E-state index in [1.54, 1.807) is 71.0 Å². The van der Waals surface area contributed by atoms with E-state index in [0.717, 1.165) is 59.1 Å². The molecule has 10 N–H and O–H groups in total. The number of aryl methyl sites for hydroxylation is 2. The van der Waals surface area contributed by atoms with Crippen LogP contribution in [0.15, 0.2) is 66.7 Å². The molecule has 5 rings (SSSR count). The van der Waals surface area contributed by atoms with E-state index >= 15 is 0 Å². The number of nitrogens with one attached hydrogen (secondary N) is 6. The number of nitrogens with zero attached hydrogens (tertiary/aromatic N) is 2. The maximum atomic E-state index is 12.9. The second-order valence-electron chi connectivity index (χ2n) is 16.0. The topological polar surface area (TPSA) is 309 Å². The number of rotatable bonds is 19. The first-order valence-electron chi connectivity index (χ1n) is 21.2. The number of phenolic OH excluding ortho intramolecular Hbond substituents is 4. The molecule has 2 atom stereocenters. The average molecular weight is 993 g/mol. The summed E-state index contributed by atoms with van der Waals surface area (Å²) in [5, 5.41) is 55.6. The van der Waals surface area contributed by atoms with Gasteiger partial charge in [-0.05, 0) is 95.0 Å². The van der Waals surface area contributed by atoms with Crippen LogP contribution in [0.25, 0.3) is 0 Å². The minimum Gasteiger partial charge on any atom is -0.508 e. The Bertz CT molecular complexity index is 2570. The zero-order chi connectivity index (χ0) is 50.8. The number of hydrogen-bond acceptors (Lipinski definition) is 19. The van der Waals surface area contributed by atoms with Gasteiger partial charge in [-0.15, -0.1) is 0 Å². The number of carbonyl (C=O) groups is 6. The van der Waals surface area contributed by atoms with Crippen LogP contribution in [-0.4, -0.2) is 124 Å². The fraction of sp³-hybridized carbons (Fsp3) is 0.348. The van der Waals surface area contributed by atoms with Crippen molar-refractivity contribution in [3.63, 3.8) is 0 Å². The smallest absolute Gasteiger partial charge is 0.407 e.